The van der Waals surface area contributed by atoms with Crippen LogP contribution in [-0.2, 0) is 18.1 Å². The molecule has 1 atom stereocenters. The summed E-state index contributed by atoms with van der Waals surface area (Å²) in [4.78, 5) is 0. The fourth-order valence-corrected chi connectivity index (χ4v) is 1.51. The molecule has 0 saturated heterocycles. The summed E-state index contributed by atoms with van der Waals surface area (Å²) in [6, 6.07) is 9.39. The summed E-state index contributed by atoms with van der Waals surface area (Å²) in [7, 11) is 0. The van der Waals surface area contributed by atoms with Gasteiger partial charge in [0.2, 0.25) is 0 Å². The Labute approximate surface area is 81.4 Å². The average Bonchev–Trinajstić information content (AvgIpc) is 2.17. The van der Waals surface area contributed by atoms with Gasteiger partial charge in [-0.3, -0.25) is 0 Å². The van der Waals surface area contributed by atoms with Crippen molar-refractivity contribution >= 4 is 14.5 Å². The van der Waals surface area contributed by atoms with Crippen LogP contribution in [0.15, 0.2) is 30.3 Å². The molecule has 1 unspecified atom stereocenters. The van der Waals surface area contributed by atoms with Crippen molar-refractivity contribution in [2.45, 2.75) is 6.61 Å². The van der Waals surface area contributed by atoms with Gasteiger partial charge in [0.05, 0.1) is 0 Å². The van der Waals surface area contributed by atoms with Gasteiger partial charge in [0.25, 0.3) is 0 Å². The normalized spacial score (nSPS) is 11.6. The molecule has 1 aromatic carbocycles. The first kappa shape index (κ1) is 9.94. The van der Waals surface area contributed by atoms with Crippen molar-refractivity contribution in [3.8, 4) is 12.5 Å². The molecule has 0 heterocycles. The third-order valence-corrected chi connectivity index (χ3v) is 2.42. The van der Waals surface area contributed by atoms with E-state index in [1.165, 1.54) is 0 Å². The van der Waals surface area contributed by atoms with E-state index in [2.05, 4.69) is 3.82 Å². The minimum absolute atomic E-state index is 0.261. The molecule has 0 aliphatic carbocycles. The minimum atomic E-state index is -2.73. The third kappa shape index (κ3) is 3.86. The van der Waals surface area contributed by atoms with Gasteiger partial charge in [-0.05, 0) is 0 Å². The first-order valence-electron chi connectivity index (χ1n) is 3.55. The molecule has 0 bridgehead atoms. The first-order valence-corrected chi connectivity index (χ1v) is 5.64. The van der Waals surface area contributed by atoms with Gasteiger partial charge in [-0.2, -0.15) is 0 Å². The number of benzene rings is 1. The predicted octanol–water partition coefficient (Wildman–Crippen LogP) is 1.23. The van der Waals surface area contributed by atoms with Gasteiger partial charge in [-0.25, -0.2) is 0 Å². The van der Waals surface area contributed by atoms with Crippen LogP contribution in [-0.4, -0.2) is 14.5 Å². The van der Waals surface area contributed by atoms with Crippen LogP contribution in [0.1, 0.15) is 5.56 Å². The maximum atomic E-state index is 10.8. The van der Waals surface area contributed by atoms with Crippen LogP contribution in [0.3, 0.4) is 0 Å². The predicted molar refractivity (Wildman–Crippen MR) is 47.6 cm³/mol. The Hall–Kier alpha value is -1.14. The molecule has 0 amide bonds. The summed E-state index contributed by atoms with van der Waals surface area (Å²) in [5.74, 6) is 0. The van der Waals surface area contributed by atoms with Crippen molar-refractivity contribution < 1.29 is 11.5 Å². The van der Waals surface area contributed by atoms with Crippen molar-refractivity contribution in [2.24, 2.45) is 0 Å². The zero-order valence-corrected chi connectivity index (χ0v) is 8.52. The Morgan fingerprint density at radius 2 is 2.08 bits per heavy atom. The SMILES string of the molecule is C#CO[Se](=O)OCc1ccccc1. The summed E-state index contributed by atoms with van der Waals surface area (Å²) in [5, 5.41) is 0. The number of rotatable bonds is 4. The Balaban J connectivity index is 2.36. The van der Waals surface area contributed by atoms with Gasteiger partial charge in [-0.15, -0.1) is 0 Å². The van der Waals surface area contributed by atoms with Crippen molar-refractivity contribution in [1.29, 1.82) is 0 Å². The van der Waals surface area contributed by atoms with Crippen molar-refractivity contribution in [2.75, 3.05) is 0 Å². The standard InChI is InChI=1S/C9H8O3Se/c1-2-11-13(10)12-8-9-6-4-3-5-7-9/h1,3-7H,8H2. The second-order valence-electron chi connectivity index (χ2n) is 2.15. The van der Waals surface area contributed by atoms with Crippen LogP contribution in [0.2, 0.25) is 0 Å². The summed E-state index contributed by atoms with van der Waals surface area (Å²) in [5.41, 5.74) is 0.938. The van der Waals surface area contributed by atoms with Crippen LogP contribution in [0.5, 0.6) is 0 Å². The molecule has 68 valence electrons. The fraction of sp³-hybridized carbons (Fsp3) is 0.111. The topological polar surface area (TPSA) is 35.5 Å². The van der Waals surface area contributed by atoms with Crippen LogP contribution in [0, 0.1) is 12.5 Å². The molecule has 0 aliphatic heterocycles. The van der Waals surface area contributed by atoms with Gasteiger partial charge in [-0.1, -0.05) is 0 Å². The molecule has 3 nitrogen and oxygen atoms in total. The van der Waals surface area contributed by atoms with E-state index in [0.717, 1.165) is 5.56 Å². The average molecular weight is 243 g/mol. The van der Waals surface area contributed by atoms with E-state index in [4.69, 9.17) is 10.2 Å². The van der Waals surface area contributed by atoms with E-state index in [-0.39, 0.29) is 6.61 Å². The molecule has 0 aliphatic rings. The monoisotopic (exact) mass is 244 g/mol. The molecule has 4 heteroatoms. The molecule has 1 aromatic rings. The summed E-state index contributed by atoms with van der Waals surface area (Å²) < 4.78 is 20.0. The van der Waals surface area contributed by atoms with Gasteiger partial charge in [0.1, 0.15) is 0 Å². The molecule has 0 fully saturated rings. The van der Waals surface area contributed by atoms with E-state index in [1.807, 2.05) is 36.4 Å². The molecule has 1 rings (SSSR count). The number of terminal acetylenes is 1. The summed E-state index contributed by atoms with van der Waals surface area (Å²) in [6.07, 6.45) is 6.60. The van der Waals surface area contributed by atoms with Crippen molar-refractivity contribution in [3.05, 3.63) is 35.9 Å². The zero-order valence-electron chi connectivity index (χ0n) is 6.80. The quantitative estimate of drug-likeness (QED) is 0.589. The molecular formula is C9H8O3Se. The molecule has 0 N–H and O–H groups in total. The van der Waals surface area contributed by atoms with Gasteiger partial charge in [0, 0.05) is 0 Å². The third-order valence-electron chi connectivity index (χ3n) is 1.28. The van der Waals surface area contributed by atoms with Gasteiger partial charge < -0.3 is 0 Å². The van der Waals surface area contributed by atoms with Crippen molar-refractivity contribution in [1.82, 2.24) is 0 Å². The Kier molecular flexibility index (Phi) is 4.20. The Bertz CT molecular complexity index is 315. The fourth-order valence-electron chi connectivity index (χ4n) is 0.754. The molecule has 13 heavy (non-hydrogen) atoms. The van der Waals surface area contributed by atoms with Crippen LogP contribution in [0.4, 0.5) is 0 Å². The van der Waals surface area contributed by atoms with Gasteiger partial charge in [0.15, 0.2) is 0 Å². The number of hydrogen-bond acceptors (Lipinski definition) is 3. The van der Waals surface area contributed by atoms with E-state index in [0.29, 0.717) is 0 Å². The molecule has 0 saturated carbocycles. The molecule has 0 spiro atoms. The van der Waals surface area contributed by atoms with Gasteiger partial charge >= 0.3 is 81.0 Å². The summed E-state index contributed by atoms with van der Waals surface area (Å²) in [6.45, 7) is 0.261. The maximum absolute atomic E-state index is 10.8. The van der Waals surface area contributed by atoms with E-state index >= 15 is 0 Å². The summed E-state index contributed by atoms with van der Waals surface area (Å²) >= 11 is -2.73. The van der Waals surface area contributed by atoms with E-state index in [1.54, 1.807) is 0 Å². The molecule has 0 aromatic heterocycles. The Morgan fingerprint density at radius 1 is 1.38 bits per heavy atom. The van der Waals surface area contributed by atoms with Crippen LogP contribution in [0.25, 0.3) is 0 Å². The van der Waals surface area contributed by atoms with Crippen LogP contribution >= 0.6 is 0 Å². The van der Waals surface area contributed by atoms with Crippen LogP contribution < -0.4 is 0 Å². The second kappa shape index (κ2) is 5.50. The number of hydrogen-bond donors (Lipinski definition) is 0. The molecule has 0 radical (unpaired) electrons. The second-order valence-corrected chi connectivity index (χ2v) is 3.85. The molecular weight excluding hydrogens is 235 g/mol. The Morgan fingerprint density at radius 3 is 2.69 bits per heavy atom. The van der Waals surface area contributed by atoms with E-state index < -0.39 is 14.5 Å². The van der Waals surface area contributed by atoms with E-state index in [9.17, 15) is 3.83 Å². The van der Waals surface area contributed by atoms with Crippen molar-refractivity contribution in [3.63, 3.8) is 0 Å². The first-order chi connectivity index (χ1) is 6.33. The zero-order chi connectivity index (χ0) is 9.52.